The third-order valence-corrected chi connectivity index (χ3v) is 6.92. The van der Waals surface area contributed by atoms with Crippen LogP contribution in [0.5, 0.6) is 0 Å². The molecule has 5 rings (SSSR count). The van der Waals surface area contributed by atoms with Gasteiger partial charge in [-0.05, 0) is 62.6 Å². The van der Waals surface area contributed by atoms with Crippen molar-refractivity contribution in [2.24, 2.45) is 0 Å². The largest absolute Gasteiger partial charge is 0.310 e. The molecule has 1 N–H and O–H groups in total. The van der Waals surface area contributed by atoms with Crippen molar-refractivity contribution in [1.29, 1.82) is 5.26 Å². The van der Waals surface area contributed by atoms with Crippen LogP contribution in [0.25, 0.3) is 17.1 Å². The van der Waals surface area contributed by atoms with Gasteiger partial charge in [0.15, 0.2) is 11.0 Å². The molecule has 1 aromatic carbocycles. The number of amides is 1. The Morgan fingerprint density at radius 2 is 2.09 bits per heavy atom. The van der Waals surface area contributed by atoms with Crippen LogP contribution in [0, 0.1) is 31.0 Å². The summed E-state index contributed by atoms with van der Waals surface area (Å²) in [5.74, 6) is 0.452. The van der Waals surface area contributed by atoms with E-state index >= 15 is 0 Å². The Morgan fingerprint density at radius 3 is 2.77 bits per heavy atom. The SMILES string of the molecule is Cc1c(C#N)c(NC(=O)CSc2nnc(-c3cccnc3)n2C2CC2)n(-c2cccc(F)c2)c1C. The zero-order valence-corrected chi connectivity index (χ0v) is 20.0. The lowest BCUT2D eigenvalue weighted by molar-refractivity contribution is -0.113. The molecule has 1 saturated carbocycles. The molecule has 0 saturated heterocycles. The first-order valence-electron chi connectivity index (χ1n) is 11.1. The van der Waals surface area contributed by atoms with Crippen molar-refractivity contribution in [3.63, 3.8) is 0 Å². The molecule has 35 heavy (non-hydrogen) atoms. The highest BCUT2D eigenvalue weighted by Gasteiger charge is 2.30. The monoisotopic (exact) mass is 487 g/mol. The first-order chi connectivity index (χ1) is 17.0. The zero-order valence-electron chi connectivity index (χ0n) is 19.2. The second-order valence-electron chi connectivity index (χ2n) is 8.35. The summed E-state index contributed by atoms with van der Waals surface area (Å²) in [4.78, 5) is 17.2. The van der Waals surface area contributed by atoms with Gasteiger partial charge in [-0.2, -0.15) is 5.26 Å². The van der Waals surface area contributed by atoms with Crippen molar-refractivity contribution in [3.8, 4) is 23.1 Å². The maximum Gasteiger partial charge on any atom is 0.236 e. The average molecular weight is 488 g/mol. The molecule has 8 nitrogen and oxygen atoms in total. The number of halogens is 1. The predicted molar refractivity (Wildman–Crippen MR) is 131 cm³/mol. The maximum absolute atomic E-state index is 13.9. The van der Waals surface area contributed by atoms with Gasteiger partial charge in [0.1, 0.15) is 17.7 Å². The Bertz CT molecular complexity index is 1450. The van der Waals surface area contributed by atoms with E-state index in [1.165, 1.54) is 23.9 Å². The maximum atomic E-state index is 13.9. The van der Waals surface area contributed by atoms with Crippen LogP contribution >= 0.6 is 11.8 Å². The lowest BCUT2D eigenvalue weighted by Crippen LogP contribution is -2.18. The van der Waals surface area contributed by atoms with Crippen molar-refractivity contribution in [2.45, 2.75) is 37.9 Å². The van der Waals surface area contributed by atoms with E-state index in [4.69, 9.17) is 0 Å². The molecular weight excluding hydrogens is 465 g/mol. The highest BCUT2D eigenvalue weighted by molar-refractivity contribution is 7.99. The number of thioether (sulfide) groups is 1. The zero-order chi connectivity index (χ0) is 24.5. The lowest BCUT2D eigenvalue weighted by atomic mass is 10.2. The fourth-order valence-electron chi connectivity index (χ4n) is 4.03. The number of anilines is 1. The number of hydrogen-bond donors (Lipinski definition) is 1. The number of carbonyl (C=O) groups is 1. The van der Waals surface area contributed by atoms with E-state index in [0.29, 0.717) is 28.3 Å². The number of pyridine rings is 1. The van der Waals surface area contributed by atoms with Gasteiger partial charge < -0.3 is 5.32 Å². The predicted octanol–water partition coefficient (Wildman–Crippen LogP) is 4.82. The number of carbonyl (C=O) groups excluding carboxylic acids is 1. The Kier molecular flexibility index (Phi) is 6.09. The van der Waals surface area contributed by atoms with Gasteiger partial charge in [0.2, 0.25) is 5.91 Å². The molecule has 1 amide bonds. The number of hydrogen-bond acceptors (Lipinski definition) is 6. The third kappa shape index (κ3) is 4.42. The van der Waals surface area contributed by atoms with E-state index in [1.54, 1.807) is 29.1 Å². The van der Waals surface area contributed by atoms with Gasteiger partial charge >= 0.3 is 0 Å². The van der Waals surface area contributed by atoms with Crippen LogP contribution in [0.1, 0.15) is 35.7 Å². The molecule has 1 fully saturated rings. The molecule has 0 spiro atoms. The molecule has 1 aliphatic rings. The normalized spacial score (nSPS) is 13.0. The minimum atomic E-state index is -0.400. The fourth-order valence-corrected chi connectivity index (χ4v) is 4.83. The summed E-state index contributed by atoms with van der Waals surface area (Å²) >= 11 is 1.29. The molecule has 1 aliphatic carbocycles. The summed E-state index contributed by atoms with van der Waals surface area (Å²) in [6.45, 7) is 3.65. The van der Waals surface area contributed by atoms with E-state index in [1.807, 2.05) is 26.0 Å². The summed E-state index contributed by atoms with van der Waals surface area (Å²) in [5, 5.41) is 22.0. The number of nitrogens with one attached hydrogen (secondary N) is 1. The van der Waals surface area contributed by atoms with Crippen molar-refractivity contribution in [1.82, 2.24) is 24.3 Å². The quantitative estimate of drug-likeness (QED) is 0.375. The standard InChI is InChI=1S/C25H22FN7OS/c1-15-16(2)32(20-7-3-6-18(26)11-20)24(21(15)12-27)29-22(34)14-35-25-31-30-23(33(25)19-8-9-19)17-5-4-10-28-13-17/h3-7,10-11,13,19H,8-9,14H2,1-2H3,(H,29,34). The van der Waals surface area contributed by atoms with Crippen LogP contribution in [-0.2, 0) is 4.79 Å². The van der Waals surface area contributed by atoms with Crippen LogP contribution in [-0.4, -0.2) is 36.0 Å². The van der Waals surface area contributed by atoms with Crippen molar-refractivity contribution in [2.75, 3.05) is 11.1 Å². The van der Waals surface area contributed by atoms with Crippen molar-refractivity contribution in [3.05, 3.63) is 71.4 Å². The number of rotatable bonds is 7. The minimum Gasteiger partial charge on any atom is -0.310 e. The van der Waals surface area contributed by atoms with E-state index in [2.05, 4.69) is 31.1 Å². The number of benzene rings is 1. The van der Waals surface area contributed by atoms with Crippen molar-refractivity contribution >= 4 is 23.5 Å². The summed E-state index contributed by atoms with van der Waals surface area (Å²) < 4.78 is 17.7. The summed E-state index contributed by atoms with van der Waals surface area (Å²) in [6.07, 6.45) is 5.53. The van der Waals surface area contributed by atoms with E-state index in [-0.39, 0.29) is 11.7 Å². The highest BCUT2D eigenvalue weighted by atomic mass is 32.2. The molecule has 0 atom stereocenters. The Morgan fingerprint density at radius 1 is 1.26 bits per heavy atom. The van der Waals surface area contributed by atoms with Crippen LogP contribution in [0.3, 0.4) is 0 Å². The van der Waals surface area contributed by atoms with Gasteiger partial charge in [0.25, 0.3) is 0 Å². The second-order valence-corrected chi connectivity index (χ2v) is 9.29. The number of nitrogens with zero attached hydrogens (tertiary/aromatic N) is 6. The van der Waals surface area contributed by atoms with Crippen LogP contribution < -0.4 is 5.32 Å². The second kappa shape index (κ2) is 9.35. The highest BCUT2D eigenvalue weighted by Crippen LogP contribution is 2.41. The average Bonchev–Trinajstić information content (AvgIpc) is 3.56. The van der Waals surface area contributed by atoms with Gasteiger partial charge in [-0.3, -0.25) is 18.9 Å². The third-order valence-electron chi connectivity index (χ3n) is 5.98. The molecule has 10 heteroatoms. The molecular formula is C25H22FN7OS. The van der Waals surface area contributed by atoms with Gasteiger partial charge in [0.05, 0.1) is 17.0 Å². The Labute approximate surface area is 205 Å². The van der Waals surface area contributed by atoms with Gasteiger partial charge in [-0.15, -0.1) is 10.2 Å². The molecule has 4 aromatic rings. The van der Waals surface area contributed by atoms with Crippen LogP contribution in [0.2, 0.25) is 0 Å². The summed E-state index contributed by atoms with van der Waals surface area (Å²) in [6, 6.07) is 12.3. The fraction of sp³-hybridized carbons (Fsp3) is 0.240. The molecule has 0 aliphatic heterocycles. The lowest BCUT2D eigenvalue weighted by Gasteiger charge is -2.13. The van der Waals surface area contributed by atoms with Gasteiger partial charge in [-0.25, -0.2) is 4.39 Å². The van der Waals surface area contributed by atoms with E-state index in [9.17, 15) is 14.4 Å². The first kappa shape index (κ1) is 22.8. The molecule has 0 radical (unpaired) electrons. The number of nitriles is 1. The first-order valence-corrected chi connectivity index (χ1v) is 12.1. The van der Waals surface area contributed by atoms with Crippen molar-refractivity contribution < 1.29 is 9.18 Å². The molecule has 0 bridgehead atoms. The summed E-state index contributed by atoms with van der Waals surface area (Å²) in [7, 11) is 0. The van der Waals surface area contributed by atoms with E-state index < -0.39 is 5.82 Å². The topological polar surface area (TPSA) is 101 Å². The smallest absolute Gasteiger partial charge is 0.236 e. The summed E-state index contributed by atoms with van der Waals surface area (Å²) in [5.41, 5.74) is 3.24. The Balaban J connectivity index is 1.39. The molecule has 3 aromatic heterocycles. The van der Waals surface area contributed by atoms with Crippen LogP contribution in [0.15, 0.2) is 53.9 Å². The van der Waals surface area contributed by atoms with Gasteiger partial charge in [0, 0.05) is 29.7 Å². The van der Waals surface area contributed by atoms with E-state index in [0.717, 1.165) is 35.5 Å². The Hall–Kier alpha value is -3.97. The molecule has 0 unspecified atom stereocenters. The van der Waals surface area contributed by atoms with Crippen LogP contribution in [0.4, 0.5) is 10.2 Å². The number of aromatic nitrogens is 5. The van der Waals surface area contributed by atoms with Gasteiger partial charge in [-0.1, -0.05) is 17.8 Å². The molecule has 176 valence electrons. The minimum absolute atomic E-state index is 0.0786. The molecule has 3 heterocycles.